The minimum atomic E-state index is -0.648. The number of phenolic OH excluding ortho intramolecular Hbond substituents is 1. The molecular formula is C49H67N5O5. The third-order valence-electron chi connectivity index (χ3n) is 10.1. The van der Waals surface area contributed by atoms with Crippen LogP contribution in [0.3, 0.4) is 0 Å². The van der Waals surface area contributed by atoms with Crippen molar-refractivity contribution in [2.45, 2.75) is 96.7 Å². The first-order valence-electron chi connectivity index (χ1n) is 21.2. The van der Waals surface area contributed by atoms with Crippen LogP contribution >= 0.6 is 0 Å². The molecule has 0 radical (unpaired) electrons. The molecule has 1 aliphatic rings. The number of aromatic hydroxyl groups is 1. The Morgan fingerprint density at radius 3 is 2.15 bits per heavy atom. The standard InChI is InChI=1S/C31H33NO3.C18H34N4O2/c1-23(11-10-16-24-12-6-4-7-13-24)34-26-17-18-27-28(19-20-32)30(31(2,3)35-29(27)21-26)33-22-25-14-8-5-9-15-25;1-24-18-14-16(6-7-17(18)23)15-22-13-5-12-21-10-3-2-9-20-11-4-8-19/h4-9,12-15,17-19,21,23,30H,10-11,16,22H2,1-3H3;6-7,14,20-23H,2-5,8-13,15,19H2,1H3. The second kappa shape index (κ2) is 26.3. The number of nitriles is 1. The third kappa shape index (κ3) is 16.7. The van der Waals surface area contributed by atoms with Crippen LogP contribution in [0, 0.1) is 11.3 Å². The van der Waals surface area contributed by atoms with Crippen molar-refractivity contribution in [1.82, 2.24) is 16.0 Å². The molecule has 0 saturated carbocycles. The Balaban J connectivity index is 0.000000281. The van der Waals surface area contributed by atoms with Gasteiger partial charge >= 0.3 is 0 Å². The Hall–Kier alpha value is -4.89. The molecule has 0 saturated heterocycles. The van der Waals surface area contributed by atoms with Crippen LogP contribution in [-0.4, -0.2) is 69.3 Å². The van der Waals surface area contributed by atoms with Crippen molar-refractivity contribution in [2.24, 2.45) is 5.73 Å². The molecule has 0 bridgehead atoms. The molecule has 0 aromatic heterocycles. The average molecular weight is 806 g/mol. The van der Waals surface area contributed by atoms with Gasteiger partial charge in [0.25, 0.3) is 0 Å². The second-order valence-electron chi connectivity index (χ2n) is 15.5. The summed E-state index contributed by atoms with van der Waals surface area (Å²) in [6.45, 7) is 13.3. The number of nitrogens with zero attached hydrogens (tertiary/aromatic N) is 1. The van der Waals surface area contributed by atoms with Crippen molar-refractivity contribution in [3.63, 3.8) is 0 Å². The highest BCUT2D eigenvalue weighted by atomic mass is 16.6. The lowest BCUT2D eigenvalue weighted by atomic mass is 9.85. The van der Waals surface area contributed by atoms with Crippen LogP contribution in [-0.2, 0) is 24.3 Å². The molecule has 59 heavy (non-hydrogen) atoms. The van der Waals surface area contributed by atoms with Gasteiger partial charge in [-0.3, -0.25) is 0 Å². The zero-order chi connectivity index (χ0) is 42.1. The van der Waals surface area contributed by atoms with Crippen molar-refractivity contribution in [3.8, 4) is 29.1 Å². The summed E-state index contributed by atoms with van der Waals surface area (Å²) >= 11 is 0. The normalized spacial score (nSPS) is 15.3. The predicted molar refractivity (Wildman–Crippen MR) is 239 cm³/mol. The van der Waals surface area contributed by atoms with Crippen molar-refractivity contribution in [3.05, 3.63) is 125 Å². The summed E-state index contributed by atoms with van der Waals surface area (Å²) in [5.74, 6) is 2.19. The van der Waals surface area contributed by atoms with Gasteiger partial charge in [0.2, 0.25) is 0 Å². The van der Waals surface area contributed by atoms with Gasteiger partial charge in [-0.2, -0.15) is 5.26 Å². The van der Waals surface area contributed by atoms with E-state index in [0.29, 0.717) is 18.1 Å². The Bertz CT molecular complexity index is 1850. The number of hydrogen-bond acceptors (Lipinski definition) is 10. The highest BCUT2D eigenvalue weighted by molar-refractivity contribution is 5.78. The summed E-state index contributed by atoms with van der Waals surface area (Å²) in [6, 6.07) is 34.1. The molecule has 5 rings (SSSR count). The highest BCUT2D eigenvalue weighted by Gasteiger charge is 2.41. The van der Waals surface area contributed by atoms with E-state index >= 15 is 0 Å². The zero-order valence-corrected chi connectivity index (χ0v) is 35.7. The van der Waals surface area contributed by atoms with Crippen LogP contribution in [0.4, 0.5) is 0 Å². The Morgan fingerprint density at radius 2 is 1.47 bits per heavy atom. The van der Waals surface area contributed by atoms with E-state index in [1.807, 2.05) is 80.6 Å². The Kier molecular flexibility index (Phi) is 20.8. The number of aryl methyl sites for hydroxylation is 1. The van der Waals surface area contributed by atoms with E-state index < -0.39 is 5.60 Å². The SMILES string of the molecule is CC(CCCc1ccccc1)Oc1ccc2c(c1)OC(C)(C)C(OCc1ccccc1)C2=CC#N.COc1cc(CNCCCNCCCCNCCCN)ccc1O. The van der Waals surface area contributed by atoms with Gasteiger partial charge in [-0.05, 0) is 146 Å². The molecule has 318 valence electrons. The second-order valence-corrected chi connectivity index (χ2v) is 15.5. The van der Waals surface area contributed by atoms with Gasteiger partial charge in [0.1, 0.15) is 23.2 Å². The number of fused-ring (bicyclic) bond motifs is 1. The van der Waals surface area contributed by atoms with E-state index in [4.69, 9.17) is 24.7 Å². The van der Waals surface area contributed by atoms with Gasteiger partial charge in [0.15, 0.2) is 11.5 Å². The molecule has 10 heteroatoms. The number of unbranched alkanes of at least 4 members (excludes halogenated alkanes) is 1. The monoisotopic (exact) mass is 806 g/mol. The fourth-order valence-corrected chi connectivity index (χ4v) is 6.93. The molecule has 0 amide bonds. The van der Waals surface area contributed by atoms with E-state index in [1.165, 1.54) is 18.4 Å². The fraction of sp³-hybridized carbons (Fsp3) is 0.449. The molecule has 2 atom stereocenters. The minimum Gasteiger partial charge on any atom is -0.504 e. The van der Waals surface area contributed by atoms with Gasteiger partial charge in [-0.1, -0.05) is 66.7 Å². The van der Waals surface area contributed by atoms with Gasteiger partial charge in [0, 0.05) is 29.8 Å². The number of ether oxygens (including phenoxy) is 4. The molecular weight excluding hydrogens is 739 g/mol. The predicted octanol–water partition coefficient (Wildman–Crippen LogP) is 8.33. The van der Waals surface area contributed by atoms with Crippen molar-refractivity contribution >= 4 is 5.57 Å². The summed E-state index contributed by atoms with van der Waals surface area (Å²) in [5, 5.41) is 29.3. The minimum absolute atomic E-state index is 0.0874. The number of rotatable bonds is 24. The van der Waals surface area contributed by atoms with Gasteiger partial charge < -0.3 is 45.7 Å². The molecule has 0 spiro atoms. The molecule has 0 fully saturated rings. The van der Waals surface area contributed by atoms with Gasteiger partial charge in [-0.25, -0.2) is 0 Å². The number of phenols is 1. The summed E-state index contributed by atoms with van der Waals surface area (Å²) < 4.78 is 24.0. The maximum Gasteiger partial charge on any atom is 0.160 e. The molecule has 10 nitrogen and oxygen atoms in total. The first kappa shape index (κ1) is 46.8. The van der Waals surface area contributed by atoms with E-state index in [-0.39, 0.29) is 18.0 Å². The molecule has 2 unspecified atom stereocenters. The third-order valence-corrected chi connectivity index (χ3v) is 10.1. The lowest BCUT2D eigenvalue weighted by molar-refractivity contribution is -0.0556. The molecule has 1 heterocycles. The van der Waals surface area contributed by atoms with Crippen LogP contribution in [0.25, 0.3) is 5.57 Å². The van der Waals surface area contributed by atoms with Crippen LogP contribution in [0.5, 0.6) is 23.0 Å². The van der Waals surface area contributed by atoms with Gasteiger partial charge in [0.05, 0.1) is 25.9 Å². The smallest absolute Gasteiger partial charge is 0.160 e. The van der Waals surface area contributed by atoms with Crippen molar-refractivity contribution in [2.75, 3.05) is 46.4 Å². The molecule has 6 N–H and O–H groups in total. The number of allylic oxidation sites excluding steroid dienone is 1. The summed E-state index contributed by atoms with van der Waals surface area (Å²) in [5.41, 5.74) is 10.0. The summed E-state index contributed by atoms with van der Waals surface area (Å²) in [7, 11) is 1.56. The number of benzene rings is 4. The lowest BCUT2D eigenvalue weighted by Crippen LogP contribution is -2.47. The van der Waals surface area contributed by atoms with Crippen molar-refractivity contribution in [1.29, 1.82) is 5.26 Å². The highest BCUT2D eigenvalue weighted by Crippen LogP contribution is 2.44. The van der Waals surface area contributed by atoms with E-state index in [9.17, 15) is 10.4 Å². The first-order chi connectivity index (χ1) is 28.7. The quantitative estimate of drug-likeness (QED) is 0.0347. The van der Waals surface area contributed by atoms with Crippen LogP contribution in [0.15, 0.2) is 103 Å². The number of hydrogen-bond donors (Lipinski definition) is 5. The number of methoxy groups -OCH3 is 1. The fourth-order valence-electron chi connectivity index (χ4n) is 6.93. The van der Waals surface area contributed by atoms with E-state index in [1.54, 1.807) is 19.3 Å². The summed E-state index contributed by atoms with van der Waals surface area (Å²) in [6.07, 6.45) is 8.93. The topological polar surface area (TPSA) is 143 Å². The maximum absolute atomic E-state index is 9.56. The Labute approximate surface area is 353 Å². The largest absolute Gasteiger partial charge is 0.504 e. The average Bonchev–Trinajstić information content (AvgIpc) is 3.23. The van der Waals surface area contributed by atoms with E-state index in [0.717, 1.165) is 106 Å². The first-order valence-corrected chi connectivity index (χ1v) is 21.2. The van der Waals surface area contributed by atoms with Crippen LogP contribution in [0.1, 0.15) is 81.5 Å². The van der Waals surface area contributed by atoms with Gasteiger partial charge in [-0.15, -0.1) is 0 Å². The summed E-state index contributed by atoms with van der Waals surface area (Å²) in [4.78, 5) is 0. The van der Waals surface area contributed by atoms with Crippen molar-refractivity contribution < 1.29 is 24.1 Å². The maximum atomic E-state index is 9.56. The molecule has 1 aliphatic heterocycles. The molecule has 4 aromatic carbocycles. The lowest BCUT2D eigenvalue weighted by Gasteiger charge is -2.41. The van der Waals surface area contributed by atoms with Crippen LogP contribution < -0.4 is 35.9 Å². The number of nitrogens with two attached hydrogens (primary N) is 1. The Morgan fingerprint density at radius 1 is 0.814 bits per heavy atom. The molecule has 4 aromatic rings. The molecule has 0 aliphatic carbocycles. The van der Waals surface area contributed by atoms with E-state index in [2.05, 4.69) is 53.2 Å². The van der Waals surface area contributed by atoms with Crippen LogP contribution in [0.2, 0.25) is 0 Å². The number of nitrogens with one attached hydrogen (secondary N) is 3. The zero-order valence-electron chi connectivity index (χ0n) is 35.7.